The van der Waals surface area contributed by atoms with Crippen molar-refractivity contribution in [3.05, 3.63) is 142 Å². The van der Waals surface area contributed by atoms with Crippen LogP contribution < -0.4 is 9.50 Å². The molecule has 4 fully saturated rings. The van der Waals surface area contributed by atoms with Crippen molar-refractivity contribution in [2.45, 2.75) is 179 Å². The SMILES string of the molecule is CCC(C)(C)C(=O)OC1(CC)C2CC3CC(C2)CC1C3.CCC(C)(C)C(=O)OCCOC(=O)CCC(=O)NCCc1ccc(OS(=O)(=O)C(F)(F)C(F)(F)C(F)(F)S(=O)(=O)[N-]S(=O)(=O)C(F)(F)F)cc1.CCC(C)c1ccc(O)cc1.OCCc1ccc(-[s+]2c3ccccc3c3ccccc32)cc1. The molecular formula is C72H89F9N2O16S4. The van der Waals surface area contributed by atoms with Crippen molar-refractivity contribution in [1.29, 1.82) is 0 Å². The number of rotatable bonds is 28. The predicted octanol–water partition coefficient (Wildman–Crippen LogP) is 16.5. The summed E-state index contributed by atoms with van der Waals surface area (Å²) >= 11 is 0. The number of phenolic OH excluding ortho intramolecular Hbond substituents is 1. The molecule has 3 N–H and O–H groups in total. The Kier molecular flexibility index (Phi) is 28.4. The molecule has 4 aliphatic carbocycles. The number of amides is 1. The Morgan fingerprint density at radius 3 is 1.58 bits per heavy atom. The predicted molar refractivity (Wildman–Crippen MR) is 373 cm³/mol. The molecule has 18 nitrogen and oxygen atoms in total. The van der Waals surface area contributed by atoms with Crippen LogP contribution in [0.3, 0.4) is 0 Å². The van der Waals surface area contributed by atoms with Gasteiger partial charge in [-0.05, 0) is 205 Å². The first kappa shape index (κ1) is 84.9. The number of aromatic hydroxyl groups is 1. The summed E-state index contributed by atoms with van der Waals surface area (Å²) in [6.45, 7) is 17.4. The fourth-order valence-corrected chi connectivity index (χ4v) is 17.8. The van der Waals surface area contributed by atoms with E-state index in [2.05, 4.69) is 110 Å². The molecule has 4 bridgehead atoms. The van der Waals surface area contributed by atoms with Gasteiger partial charge in [0.05, 0.1) is 17.3 Å². The standard InChI is InChI=1S/C24H28F9N2O12S3.C20H17OS.C18H30O2.C10H14O/c1-4-20(2,3)19(38)46-14-13-45-18(37)10-9-17(36)34-12-11-15-5-7-16(8-6-15)47-50(43,44)23(29,30)21(25,26)22(27,28)48(39,40)35-49(41,42)24(31,32)33;21-14-13-15-9-11-16(12-10-15)22-19-7-3-1-5-17(19)18-6-2-4-8-20(18)22;1-5-17(3,4)16(19)20-18(6-2)14-8-12-7-13(10-14)11-15(18)9-12;1-3-8(2)9-4-6-10(11)7-5-9/h5-8H,4,9-14H2,1-3H3,(H,34,36);1-12,21H,13-14H2;12-15H,5-11H2,1-4H3;4-8,11H,3H2,1-2H3/q-1;+1;;. The van der Waals surface area contributed by atoms with Gasteiger partial charge in [0.2, 0.25) is 5.91 Å². The van der Waals surface area contributed by atoms with Gasteiger partial charge >= 0.3 is 50.0 Å². The maximum Gasteiger partial charge on any atom is 0.480 e. The average molecular weight is 1540 g/mol. The molecule has 1 atom stereocenters. The van der Waals surface area contributed by atoms with Crippen LogP contribution in [-0.4, -0.2) is 113 Å². The molecule has 0 aliphatic heterocycles. The number of aliphatic hydroxyl groups excluding tert-OH is 1. The number of thiophene rings is 1. The van der Waals surface area contributed by atoms with Gasteiger partial charge < -0.3 is 38.1 Å². The third-order valence-corrected chi connectivity index (χ3v) is 25.9. The first-order valence-corrected chi connectivity index (χ1v) is 39.1. The Morgan fingerprint density at radius 2 is 1.10 bits per heavy atom. The second-order valence-electron chi connectivity index (χ2n) is 27.0. The lowest BCUT2D eigenvalue weighted by molar-refractivity contribution is -0.245. The van der Waals surface area contributed by atoms with E-state index >= 15 is 0 Å². The third kappa shape index (κ3) is 20.1. The number of nitrogens with zero attached hydrogens (tertiary/aromatic N) is 1. The smallest absolute Gasteiger partial charge is 0.480 e. The molecule has 1 amide bonds. The Hall–Kier alpha value is -7.06. The number of alkyl halides is 9. The highest BCUT2D eigenvalue weighted by atomic mass is 32.3. The summed E-state index contributed by atoms with van der Waals surface area (Å²) in [6, 6.07) is 36.5. The van der Waals surface area contributed by atoms with E-state index in [1.807, 2.05) is 26.0 Å². The van der Waals surface area contributed by atoms with Gasteiger partial charge in [-0.25, -0.2) is 16.8 Å². The van der Waals surface area contributed by atoms with Gasteiger partial charge in [0.25, 0.3) is 0 Å². The second kappa shape index (κ2) is 34.5. The quantitative estimate of drug-likeness (QED) is 0.0103. The summed E-state index contributed by atoms with van der Waals surface area (Å²) < 4.78 is 213. The van der Waals surface area contributed by atoms with Crippen molar-refractivity contribution in [1.82, 2.24) is 5.32 Å². The van der Waals surface area contributed by atoms with Crippen LogP contribution in [0.25, 0.3) is 29.2 Å². The molecule has 0 saturated heterocycles. The Morgan fingerprint density at radius 1 is 0.612 bits per heavy atom. The highest BCUT2D eigenvalue weighted by Crippen LogP contribution is 2.61. The van der Waals surface area contributed by atoms with Crippen LogP contribution in [0.2, 0.25) is 0 Å². The molecule has 103 heavy (non-hydrogen) atoms. The lowest BCUT2D eigenvalue weighted by atomic mass is 9.49. The number of fused-ring (bicyclic) bond motifs is 3. The number of carbonyl (C=O) groups excluding carboxylic acids is 4. The number of nitrogens with one attached hydrogen (secondary N) is 1. The minimum Gasteiger partial charge on any atom is -0.508 e. The van der Waals surface area contributed by atoms with E-state index in [9.17, 15) is 83.9 Å². The minimum atomic E-state index is -8.05. The van der Waals surface area contributed by atoms with Gasteiger partial charge in [-0.2, -0.15) is 47.9 Å². The lowest BCUT2D eigenvalue weighted by Gasteiger charge is -2.60. The number of esters is 3. The van der Waals surface area contributed by atoms with Gasteiger partial charge in [0.15, 0.2) is 34.3 Å². The number of carbonyl (C=O) groups is 4. The van der Waals surface area contributed by atoms with Crippen molar-refractivity contribution in [2.75, 3.05) is 26.4 Å². The fourth-order valence-electron chi connectivity index (χ4n) is 12.3. The Balaban J connectivity index is 0.000000253. The first-order chi connectivity index (χ1) is 47.9. The lowest BCUT2D eigenvalue weighted by Crippen LogP contribution is -2.61. The van der Waals surface area contributed by atoms with Gasteiger partial charge in [-0.1, -0.05) is 95.3 Å². The fraction of sp³-hybridized carbons (Fsp3) is 0.528. The van der Waals surface area contributed by atoms with Crippen molar-refractivity contribution >= 4 is 84.6 Å². The summed E-state index contributed by atoms with van der Waals surface area (Å²) in [7, 11) is -22.9. The molecule has 6 aromatic rings. The number of ether oxygens (including phenoxy) is 3. The zero-order valence-corrected chi connectivity index (χ0v) is 61.8. The number of hydrogen-bond acceptors (Lipinski definition) is 16. The summed E-state index contributed by atoms with van der Waals surface area (Å²) in [4.78, 5) is 49.5. The van der Waals surface area contributed by atoms with Crippen LogP contribution in [0.1, 0.15) is 156 Å². The largest absolute Gasteiger partial charge is 0.508 e. The van der Waals surface area contributed by atoms with E-state index in [1.165, 1.54) is 68.3 Å². The summed E-state index contributed by atoms with van der Waals surface area (Å²) in [5.41, 5.74) is -5.27. The molecule has 1 unspecified atom stereocenters. The van der Waals surface area contributed by atoms with Gasteiger partial charge in [0.1, 0.15) is 30.3 Å². The molecule has 570 valence electrons. The molecule has 4 aliphatic rings. The molecule has 4 saturated carbocycles. The van der Waals surface area contributed by atoms with Gasteiger partial charge in [0, 0.05) is 40.8 Å². The van der Waals surface area contributed by atoms with Crippen molar-refractivity contribution in [3.8, 4) is 16.4 Å². The minimum absolute atomic E-state index is 0.0153. The van der Waals surface area contributed by atoms with Gasteiger partial charge in [-0.15, -0.1) is 0 Å². The summed E-state index contributed by atoms with van der Waals surface area (Å²) in [5.74, 6) is -6.73. The molecule has 1 aromatic heterocycles. The molecule has 1 heterocycles. The maximum absolute atomic E-state index is 14.2. The number of benzene rings is 5. The summed E-state index contributed by atoms with van der Waals surface area (Å²) in [5, 5.41) is 8.38. The summed E-state index contributed by atoms with van der Waals surface area (Å²) in [6.07, 6.45) is 10.2. The van der Waals surface area contributed by atoms with E-state index in [0.717, 1.165) is 49.7 Å². The van der Waals surface area contributed by atoms with E-state index in [4.69, 9.17) is 24.4 Å². The molecular weight excluding hydrogens is 1450 g/mol. The Bertz CT molecular complexity index is 4150. The van der Waals surface area contributed by atoms with Crippen LogP contribution in [0, 0.1) is 34.5 Å². The average Bonchev–Trinajstić information content (AvgIpc) is 1.43. The Labute approximate surface area is 598 Å². The number of halogens is 9. The van der Waals surface area contributed by atoms with E-state index in [-0.39, 0.29) is 78.6 Å². The zero-order valence-electron chi connectivity index (χ0n) is 58.5. The zero-order chi connectivity index (χ0) is 77.0. The monoisotopic (exact) mass is 1540 g/mol. The van der Waals surface area contributed by atoms with E-state index in [1.54, 1.807) is 32.9 Å². The van der Waals surface area contributed by atoms with Crippen molar-refractivity contribution < 1.29 is 113 Å². The van der Waals surface area contributed by atoms with Crippen LogP contribution in [0.15, 0.2) is 121 Å². The van der Waals surface area contributed by atoms with Crippen LogP contribution >= 0.6 is 10.5 Å². The van der Waals surface area contributed by atoms with Crippen LogP contribution in [0.4, 0.5) is 39.5 Å². The highest BCUT2D eigenvalue weighted by molar-refractivity contribution is 8.13. The number of sulfonamides is 2. The highest BCUT2D eigenvalue weighted by Gasteiger charge is 2.81. The topological polar surface area (TPSA) is 274 Å². The van der Waals surface area contributed by atoms with Crippen molar-refractivity contribution in [2.24, 2.45) is 34.5 Å². The second-order valence-corrected chi connectivity index (χ2v) is 34.0. The van der Waals surface area contributed by atoms with Crippen molar-refractivity contribution in [3.63, 3.8) is 0 Å². The molecule has 10 rings (SSSR count). The molecule has 0 radical (unpaired) electrons. The number of hydrogen-bond donors (Lipinski definition) is 3. The number of phenols is 1. The first-order valence-electron chi connectivity index (χ1n) is 33.6. The van der Waals surface area contributed by atoms with Gasteiger partial charge in [-0.3, -0.25) is 19.2 Å². The maximum atomic E-state index is 14.2. The van der Waals surface area contributed by atoms with E-state index in [0.29, 0.717) is 46.2 Å². The number of aliphatic hydroxyl groups is 1. The molecule has 31 heteroatoms. The third-order valence-electron chi connectivity index (χ3n) is 19.2. The van der Waals surface area contributed by atoms with E-state index < -0.39 is 81.1 Å². The molecule has 0 spiro atoms. The molecule has 5 aromatic carbocycles. The van der Waals surface area contributed by atoms with Crippen LogP contribution in [-0.2, 0) is 76.4 Å². The normalized spacial score (nSPS) is 18.8. The van der Waals surface area contributed by atoms with Crippen LogP contribution in [0.5, 0.6) is 11.5 Å².